The summed E-state index contributed by atoms with van der Waals surface area (Å²) in [6, 6.07) is 6.27. The van der Waals surface area contributed by atoms with Gasteiger partial charge in [-0.25, -0.2) is 4.98 Å². The Kier molecular flexibility index (Phi) is 3.96. The molecule has 2 rings (SSSR count). The predicted octanol–water partition coefficient (Wildman–Crippen LogP) is 3.87. The summed E-state index contributed by atoms with van der Waals surface area (Å²) < 4.78 is 1.12. The number of halogens is 1. The molecule has 0 saturated heterocycles. The lowest BCUT2D eigenvalue weighted by Crippen LogP contribution is -2.05. The lowest BCUT2D eigenvalue weighted by Gasteiger charge is -2.08. The molecule has 0 bridgehead atoms. The molecule has 16 heavy (non-hydrogen) atoms. The van der Waals surface area contributed by atoms with Gasteiger partial charge in [-0.05, 0) is 30.7 Å². The fourth-order valence-corrected chi connectivity index (χ4v) is 2.60. The van der Waals surface area contributed by atoms with Gasteiger partial charge in [0.25, 0.3) is 0 Å². The molecule has 2 nitrogen and oxygen atoms in total. The van der Waals surface area contributed by atoms with Crippen LogP contribution in [0.5, 0.6) is 0 Å². The highest BCUT2D eigenvalue weighted by Crippen LogP contribution is 2.20. The van der Waals surface area contributed by atoms with Crippen molar-refractivity contribution in [1.29, 1.82) is 0 Å². The molecule has 1 aromatic heterocycles. The third-order valence-electron chi connectivity index (χ3n) is 2.33. The summed E-state index contributed by atoms with van der Waals surface area (Å²) in [6.45, 7) is 3.03. The number of nitrogens with zero attached hydrogens (tertiary/aromatic N) is 1. The molecule has 0 amide bonds. The Labute approximate surface area is 108 Å². The number of hydrogen-bond acceptors (Lipinski definition) is 3. The molecule has 0 aliphatic heterocycles. The third-order valence-corrected chi connectivity index (χ3v) is 3.66. The Bertz CT molecular complexity index is 454. The van der Waals surface area contributed by atoms with Crippen LogP contribution in [0, 0.1) is 6.92 Å². The Hall–Kier alpha value is -0.870. The number of hydrogen-bond donors (Lipinski definition) is 1. The Morgan fingerprint density at radius 1 is 1.44 bits per heavy atom. The highest BCUT2D eigenvalue weighted by Gasteiger charge is 1.99. The van der Waals surface area contributed by atoms with Gasteiger partial charge < -0.3 is 5.32 Å². The Morgan fingerprint density at radius 3 is 3.00 bits per heavy atom. The van der Waals surface area contributed by atoms with Gasteiger partial charge in [0.1, 0.15) is 0 Å². The van der Waals surface area contributed by atoms with E-state index in [-0.39, 0.29) is 0 Å². The number of nitrogens with one attached hydrogen (secondary N) is 1. The summed E-state index contributed by atoms with van der Waals surface area (Å²) in [5.74, 6) is 0. The van der Waals surface area contributed by atoms with Crippen LogP contribution in [-0.4, -0.2) is 11.5 Å². The van der Waals surface area contributed by atoms with Crippen LogP contribution >= 0.6 is 27.3 Å². The van der Waals surface area contributed by atoms with E-state index < -0.39 is 0 Å². The predicted molar refractivity (Wildman–Crippen MR) is 73.2 cm³/mol. The molecular formula is C12H13BrN2S. The van der Waals surface area contributed by atoms with E-state index in [0.717, 1.165) is 17.4 Å². The number of rotatable bonds is 4. The molecule has 2 aromatic rings. The first-order valence-electron chi connectivity index (χ1n) is 5.14. The van der Waals surface area contributed by atoms with E-state index in [1.165, 1.54) is 16.3 Å². The fraction of sp³-hybridized carbons (Fsp3) is 0.250. The minimum Gasteiger partial charge on any atom is -0.384 e. The van der Waals surface area contributed by atoms with Gasteiger partial charge in [-0.2, -0.15) is 0 Å². The van der Waals surface area contributed by atoms with E-state index in [1.54, 1.807) is 11.3 Å². The average molecular weight is 297 g/mol. The van der Waals surface area contributed by atoms with Crippen LogP contribution in [-0.2, 0) is 6.42 Å². The van der Waals surface area contributed by atoms with E-state index in [0.29, 0.717) is 0 Å². The SMILES string of the molecule is Cc1cc(Br)ccc1NCCc1nccs1. The van der Waals surface area contributed by atoms with Crippen molar-refractivity contribution in [1.82, 2.24) is 4.98 Å². The number of aromatic nitrogens is 1. The van der Waals surface area contributed by atoms with Gasteiger partial charge in [0, 0.05) is 34.7 Å². The Balaban J connectivity index is 1.90. The van der Waals surface area contributed by atoms with Crippen LogP contribution in [0.4, 0.5) is 5.69 Å². The van der Waals surface area contributed by atoms with Gasteiger partial charge in [0.2, 0.25) is 0 Å². The van der Waals surface area contributed by atoms with Crippen LogP contribution in [0.1, 0.15) is 10.6 Å². The van der Waals surface area contributed by atoms with Crippen LogP contribution in [0.25, 0.3) is 0 Å². The smallest absolute Gasteiger partial charge is 0.0942 e. The minimum absolute atomic E-state index is 0.927. The van der Waals surface area contributed by atoms with Crippen LogP contribution < -0.4 is 5.32 Å². The van der Waals surface area contributed by atoms with Gasteiger partial charge in [0.05, 0.1) is 5.01 Å². The summed E-state index contributed by atoms with van der Waals surface area (Å²) >= 11 is 5.17. The first kappa shape index (κ1) is 11.6. The van der Waals surface area contributed by atoms with Gasteiger partial charge in [-0.3, -0.25) is 0 Å². The van der Waals surface area contributed by atoms with Crippen LogP contribution in [0.15, 0.2) is 34.2 Å². The zero-order chi connectivity index (χ0) is 11.4. The van der Waals surface area contributed by atoms with Crippen molar-refractivity contribution in [3.8, 4) is 0 Å². The third kappa shape index (κ3) is 3.06. The molecule has 0 unspecified atom stereocenters. The van der Waals surface area contributed by atoms with Gasteiger partial charge in [-0.1, -0.05) is 15.9 Å². The second-order valence-corrected chi connectivity index (χ2v) is 5.46. The maximum atomic E-state index is 4.25. The summed E-state index contributed by atoms with van der Waals surface area (Å²) in [4.78, 5) is 4.25. The molecule has 4 heteroatoms. The maximum absolute atomic E-state index is 4.25. The monoisotopic (exact) mass is 296 g/mol. The van der Waals surface area contributed by atoms with Crippen molar-refractivity contribution in [3.63, 3.8) is 0 Å². The van der Waals surface area contributed by atoms with Gasteiger partial charge in [-0.15, -0.1) is 11.3 Å². The van der Waals surface area contributed by atoms with Crippen molar-refractivity contribution in [2.75, 3.05) is 11.9 Å². The molecule has 0 fully saturated rings. The van der Waals surface area contributed by atoms with Crippen LogP contribution in [0.2, 0.25) is 0 Å². The molecule has 0 aliphatic rings. The second kappa shape index (κ2) is 5.46. The zero-order valence-electron chi connectivity index (χ0n) is 9.03. The molecule has 0 spiro atoms. The first-order chi connectivity index (χ1) is 7.75. The number of thiazole rings is 1. The molecule has 1 aromatic carbocycles. The van der Waals surface area contributed by atoms with E-state index in [1.807, 2.05) is 11.6 Å². The Morgan fingerprint density at radius 2 is 2.31 bits per heavy atom. The standard InChI is InChI=1S/C12H13BrN2S/c1-9-8-10(13)2-3-11(9)14-5-4-12-15-6-7-16-12/h2-3,6-8,14H,4-5H2,1H3. The molecule has 0 saturated carbocycles. The van der Waals surface area contributed by atoms with Crippen molar-refractivity contribution in [2.45, 2.75) is 13.3 Å². The summed E-state index contributed by atoms with van der Waals surface area (Å²) in [5, 5.41) is 6.62. The number of anilines is 1. The van der Waals surface area contributed by atoms with Crippen LogP contribution in [0.3, 0.4) is 0 Å². The maximum Gasteiger partial charge on any atom is 0.0942 e. The molecule has 84 valence electrons. The fourth-order valence-electron chi connectivity index (χ4n) is 1.51. The molecule has 1 N–H and O–H groups in total. The number of benzene rings is 1. The quantitative estimate of drug-likeness (QED) is 0.926. The van der Waals surface area contributed by atoms with E-state index in [4.69, 9.17) is 0 Å². The topological polar surface area (TPSA) is 24.9 Å². The summed E-state index contributed by atoms with van der Waals surface area (Å²) in [5.41, 5.74) is 2.45. The van der Waals surface area contributed by atoms with Gasteiger partial charge >= 0.3 is 0 Å². The highest BCUT2D eigenvalue weighted by molar-refractivity contribution is 9.10. The number of aryl methyl sites for hydroxylation is 1. The average Bonchev–Trinajstić information content (AvgIpc) is 2.74. The highest BCUT2D eigenvalue weighted by atomic mass is 79.9. The summed E-state index contributed by atoms with van der Waals surface area (Å²) in [6.07, 6.45) is 2.83. The van der Waals surface area contributed by atoms with E-state index in [2.05, 4.69) is 51.4 Å². The van der Waals surface area contributed by atoms with E-state index >= 15 is 0 Å². The second-order valence-electron chi connectivity index (χ2n) is 3.56. The molecule has 1 heterocycles. The van der Waals surface area contributed by atoms with Crippen molar-refractivity contribution in [2.24, 2.45) is 0 Å². The lowest BCUT2D eigenvalue weighted by atomic mass is 10.2. The normalized spacial score (nSPS) is 10.4. The van der Waals surface area contributed by atoms with Gasteiger partial charge in [0.15, 0.2) is 0 Å². The summed E-state index contributed by atoms with van der Waals surface area (Å²) in [7, 11) is 0. The molecule has 0 radical (unpaired) electrons. The largest absolute Gasteiger partial charge is 0.384 e. The molecule has 0 atom stereocenters. The molecular weight excluding hydrogens is 284 g/mol. The van der Waals surface area contributed by atoms with Crippen molar-refractivity contribution < 1.29 is 0 Å². The van der Waals surface area contributed by atoms with Crippen molar-refractivity contribution >= 4 is 33.0 Å². The van der Waals surface area contributed by atoms with E-state index in [9.17, 15) is 0 Å². The lowest BCUT2D eigenvalue weighted by molar-refractivity contribution is 0.996. The minimum atomic E-state index is 0.927. The first-order valence-corrected chi connectivity index (χ1v) is 6.81. The zero-order valence-corrected chi connectivity index (χ0v) is 11.4. The van der Waals surface area contributed by atoms with Crippen molar-refractivity contribution in [3.05, 3.63) is 44.8 Å². The molecule has 0 aliphatic carbocycles.